The monoisotopic (exact) mass is 322 g/mol. The minimum atomic E-state index is -2.01. The molecule has 1 fully saturated rings. The summed E-state index contributed by atoms with van der Waals surface area (Å²) in [5.41, 5.74) is -3.39. The predicted molar refractivity (Wildman–Crippen MR) is 76.4 cm³/mol. The van der Waals surface area contributed by atoms with Crippen LogP contribution in [0.2, 0.25) is 0 Å². The highest BCUT2D eigenvalue weighted by molar-refractivity contribution is 6.05. The maximum absolute atomic E-state index is 12.8. The van der Waals surface area contributed by atoms with Crippen molar-refractivity contribution in [3.8, 4) is 0 Å². The van der Waals surface area contributed by atoms with Gasteiger partial charge in [-0.2, -0.15) is 0 Å². The fourth-order valence-corrected chi connectivity index (χ4v) is 3.96. The van der Waals surface area contributed by atoms with Gasteiger partial charge in [0.05, 0.1) is 6.61 Å². The maximum Gasteiger partial charge on any atom is 0.338 e. The average Bonchev–Trinajstić information content (AvgIpc) is 2.52. The van der Waals surface area contributed by atoms with Crippen LogP contribution in [0.3, 0.4) is 0 Å². The molecular formula is C14H16N3O6+. The van der Waals surface area contributed by atoms with Crippen molar-refractivity contribution < 1.29 is 24.6 Å². The van der Waals surface area contributed by atoms with E-state index >= 15 is 0 Å². The summed E-state index contributed by atoms with van der Waals surface area (Å²) >= 11 is 0. The zero-order valence-electron chi connectivity index (χ0n) is 12.2. The van der Waals surface area contributed by atoms with Crippen LogP contribution in [0.1, 0.15) is 22.3 Å². The summed E-state index contributed by atoms with van der Waals surface area (Å²) in [5, 5.41) is 32.7. The van der Waals surface area contributed by atoms with Gasteiger partial charge in [0.25, 0.3) is 0 Å². The van der Waals surface area contributed by atoms with Crippen LogP contribution >= 0.6 is 0 Å². The van der Waals surface area contributed by atoms with Gasteiger partial charge in [-0.15, -0.1) is 0 Å². The number of nitrogens with zero attached hydrogens (tertiary/aromatic N) is 2. The number of benzene rings is 1. The number of Topliss-reactive ketones (excluding diaryl/α,β-unsaturated/α-hetero) is 1. The first kappa shape index (κ1) is 15.5. The van der Waals surface area contributed by atoms with E-state index in [1.54, 1.807) is 12.1 Å². The van der Waals surface area contributed by atoms with Crippen molar-refractivity contribution in [3.63, 3.8) is 0 Å². The lowest BCUT2D eigenvalue weighted by Gasteiger charge is -2.43. The molecule has 23 heavy (non-hydrogen) atoms. The highest BCUT2D eigenvalue weighted by Gasteiger charge is 2.73. The van der Waals surface area contributed by atoms with Gasteiger partial charge in [-0.25, -0.2) is 0 Å². The van der Waals surface area contributed by atoms with E-state index in [-0.39, 0.29) is 37.4 Å². The Morgan fingerprint density at radius 3 is 2.35 bits per heavy atom. The average molecular weight is 322 g/mol. The number of nitrogens with one attached hydrogen (secondary N) is 1. The molecule has 1 aliphatic carbocycles. The van der Waals surface area contributed by atoms with Gasteiger partial charge >= 0.3 is 11.1 Å². The van der Waals surface area contributed by atoms with Crippen molar-refractivity contribution in [2.24, 2.45) is 0 Å². The summed E-state index contributed by atoms with van der Waals surface area (Å²) in [6.45, 7) is -0.267. The maximum atomic E-state index is 12.8. The van der Waals surface area contributed by atoms with Crippen LogP contribution in [-0.4, -0.2) is 52.5 Å². The fraction of sp³-hybridized carbons (Fsp3) is 0.500. The van der Waals surface area contributed by atoms with Crippen LogP contribution in [0.25, 0.3) is 0 Å². The number of fused-ring (bicyclic) bond motifs is 4. The largest absolute Gasteiger partial charge is 0.391 e. The third kappa shape index (κ3) is 1.97. The van der Waals surface area contributed by atoms with Crippen LogP contribution in [0.15, 0.2) is 24.3 Å². The molecule has 3 atom stereocenters. The van der Waals surface area contributed by atoms with Gasteiger partial charge in [-0.1, -0.05) is 24.3 Å². The van der Waals surface area contributed by atoms with Crippen molar-refractivity contribution in [2.45, 2.75) is 17.5 Å². The number of ketones is 1. The molecule has 2 N–H and O–H groups in total. The number of hydrogen-bond donors (Lipinski definition) is 2. The van der Waals surface area contributed by atoms with E-state index < -0.39 is 33.1 Å². The first-order valence-electron chi connectivity index (χ1n) is 7.25. The lowest BCUT2D eigenvalue weighted by atomic mass is 9.64. The molecule has 1 unspecified atom stereocenters. The summed E-state index contributed by atoms with van der Waals surface area (Å²) in [6, 6.07) is 6.07. The van der Waals surface area contributed by atoms with Crippen molar-refractivity contribution >= 4 is 5.78 Å². The molecule has 1 heterocycles. The highest BCUT2D eigenvalue weighted by Crippen LogP contribution is 2.44. The Labute approximate surface area is 130 Å². The van der Waals surface area contributed by atoms with E-state index in [0.29, 0.717) is 4.90 Å². The molecule has 9 nitrogen and oxygen atoms in total. The number of aliphatic hydroxyl groups excluding tert-OH is 1. The topological polar surface area (TPSA) is 128 Å². The van der Waals surface area contributed by atoms with Crippen molar-refractivity contribution in [1.29, 1.82) is 0 Å². The third-order valence-corrected chi connectivity index (χ3v) is 4.93. The molecule has 1 aromatic carbocycles. The standard InChI is InChI=1S/C14H15N3O6/c18-6-5-15-8-13(16(20)21)7-14(9-15,17(22)23)12(19)10-3-1-2-4-11(10)13/h1-4,18H,5-9H2/p+1/t13-,14+/m0/s1. The molecule has 2 aliphatic rings. The molecule has 2 bridgehead atoms. The number of aliphatic hydroxyl groups is 1. The van der Waals surface area contributed by atoms with Gasteiger partial charge in [0.2, 0.25) is 5.78 Å². The van der Waals surface area contributed by atoms with E-state index in [4.69, 9.17) is 5.11 Å². The zero-order chi connectivity index (χ0) is 16.8. The summed E-state index contributed by atoms with van der Waals surface area (Å²) in [4.78, 5) is 35.6. The predicted octanol–water partition coefficient (Wildman–Crippen LogP) is -1.35. The van der Waals surface area contributed by atoms with Gasteiger partial charge in [0, 0.05) is 21.0 Å². The number of quaternary nitrogens is 1. The highest BCUT2D eigenvalue weighted by atomic mass is 16.6. The van der Waals surface area contributed by atoms with Crippen molar-refractivity contribution in [2.75, 3.05) is 26.2 Å². The minimum Gasteiger partial charge on any atom is -0.391 e. The Bertz CT molecular complexity index is 708. The summed E-state index contributed by atoms with van der Waals surface area (Å²) in [5.74, 6) is -0.675. The SMILES string of the molecule is O=C1c2ccccc2[C@@]2([N+](=O)[O-])C[NH+](CCO)C[C@]1([N+](=O)[O-])C2. The van der Waals surface area contributed by atoms with E-state index in [2.05, 4.69) is 0 Å². The van der Waals surface area contributed by atoms with E-state index in [0.717, 1.165) is 0 Å². The van der Waals surface area contributed by atoms with Gasteiger partial charge in [-0.3, -0.25) is 25.0 Å². The fourth-order valence-electron chi connectivity index (χ4n) is 3.96. The second-order valence-corrected chi connectivity index (χ2v) is 6.21. The molecule has 9 heteroatoms. The molecule has 1 aliphatic heterocycles. The second-order valence-electron chi connectivity index (χ2n) is 6.21. The van der Waals surface area contributed by atoms with Gasteiger partial charge in [-0.05, 0) is 0 Å². The summed E-state index contributed by atoms with van der Waals surface area (Å²) < 4.78 is 0. The van der Waals surface area contributed by atoms with Crippen molar-refractivity contribution in [3.05, 3.63) is 55.6 Å². The lowest BCUT2D eigenvalue weighted by molar-refractivity contribution is -0.944. The second kappa shape index (κ2) is 5.07. The molecule has 1 aromatic rings. The molecule has 0 amide bonds. The third-order valence-electron chi connectivity index (χ3n) is 4.93. The number of likely N-dealkylation sites (tertiary alicyclic amines) is 1. The molecule has 122 valence electrons. The van der Waals surface area contributed by atoms with Crippen LogP contribution < -0.4 is 4.90 Å². The van der Waals surface area contributed by atoms with Crippen molar-refractivity contribution in [1.82, 2.24) is 0 Å². The van der Waals surface area contributed by atoms with Crippen LogP contribution in [0, 0.1) is 20.2 Å². The Morgan fingerprint density at radius 2 is 1.74 bits per heavy atom. The number of carbonyl (C=O) groups excluding carboxylic acids is 1. The quantitative estimate of drug-likeness (QED) is 0.521. The minimum absolute atomic E-state index is 0.0143. The molecular weight excluding hydrogens is 306 g/mol. The van der Waals surface area contributed by atoms with Crippen LogP contribution in [-0.2, 0) is 5.54 Å². The van der Waals surface area contributed by atoms with Gasteiger partial charge < -0.3 is 10.0 Å². The Morgan fingerprint density at radius 1 is 1.13 bits per heavy atom. The van der Waals surface area contributed by atoms with Crippen LogP contribution in [0.4, 0.5) is 0 Å². The number of nitro groups is 2. The Hall–Kier alpha value is -2.39. The van der Waals surface area contributed by atoms with E-state index in [1.807, 2.05) is 0 Å². The summed E-state index contributed by atoms with van der Waals surface area (Å²) in [7, 11) is 0. The van der Waals surface area contributed by atoms with Gasteiger partial charge in [0.1, 0.15) is 13.0 Å². The number of carbonyl (C=O) groups is 1. The normalized spacial score (nSPS) is 32.2. The number of piperidine rings is 1. The van der Waals surface area contributed by atoms with E-state index in [1.165, 1.54) is 12.1 Å². The molecule has 0 aromatic heterocycles. The summed E-state index contributed by atoms with van der Waals surface area (Å²) in [6.07, 6.45) is -0.440. The molecule has 0 spiro atoms. The van der Waals surface area contributed by atoms with E-state index in [9.17, 15) is 25.0 Å². The molecule has 0 radical (unpaired) electrons. The number of rotatable bonds is 4. The zero-order valence-corrected chi connectivity index (χ0v) is 12.2. The first-order chi connectivity index (χ1) is 10.9. The molecule has 0 saturated carbocycles. The smallest absolute Gasteiger partial charge is 0.338 e. The Balaban J connectivity index is 2.27. The molecule has 1 saturated heterocycles. The number of hydrogen-bond acceptors (Lipinski definition) is 6. The van der Waals surface area contributed by atoms with Crippen LogP contribution in [0.5, 0.6) is 0 Å². The molecule has 3 rings (SSSR count). The lowest BCUT2D eigenvalue weighted by Crippen LogP contribution is -3.18. The Kier molecular flexibility index (Phi) is 3.42. The first-order valence-corrected chi connectivity index (χ1v) is 7.25. The van der Waals surface area contributed by atoms with Gasteiger partial charge in [0.15, 0.2) is 13.1 Å².